The molecule has 0 saturated carbocycles. The number of rotatable bonds is 3. The number of aromatic nitrogens is 1. The van der Waals surface area contributed by atoms with Crippen molar-refractivity contribution in [2.24, 2.45) is 4.99 Å². The van der Waals surface area contributed by atoms with Crippen LogP contribution in [0.4, 0.5) is 5.82 Å². The fraction of sp³-hybridized carbons (Fsp3) is 0.222. The quantitative estimate of drug-likeness (QED) is 0.574. The van der Waals surface area contributed by atoms with Crippen molar-refractivity contribution in [2.45, 2.75) is 0 Å². The molecular formula is C9H11N3O2. The fourth-order valence-corrected chi connectivity index (χ4v) is 0.764. The van der Waals surface area contributed by atoms with Crippen molar-refractivity contribution in [3.8, 4) is 0 Å². The summed E-state index contributed by atoms with van der Waals surface area (Å²) >= 11 is 0. The summed E-state index contributed by atoms with van der Waals surface area (Å²) in [6, 6.07) is 3.03. The van der Waals surface area contributed by atoms with E-state index < -0.39 is 5.97 Å². The second-order valence-electron chi connectivity index (χ2n) is 2.92. The van der Waals surface area contributed by atoms with Gasteiger partial charge >= 0.3 is 5.97 Å². The van der Waals surface area contributed by atoms with E-state index in [1.807, 2.05) is 14.1 Å². The third kappa shape index (κ3) is 2.85. The molecule has 0 fully saturated rings. The zero-order valence-corrected chi connectivity index (χ0v) is 8.01. The van der Waals surface area contributed by atoms with E-state index >= 15 is 0 Å². The molecule has 0 radical (unpaired) electrons. The summed E-state index contributed by atoms with van der Waals surface area (Å²) in [5, 5.41) is 8.61. The molecule has 0 saturated heterocycles. The van der Waals surface area contributed by atoms with Gasteiger partial charge in [0.15, 0.2) is 5.82 Å². The summed E-state index contributed by atoms with van der Waals surface area (Å²) in [6.45, 7) is 0. The minimum atomic E-state index is -0.986. The average molecular weight is 193 g/mol. The van der Waals surface area contributed by atoms with Gasteiger partial charge in [0.2, 0.25) is 0 Å². The third-order valence-electron chi connectivity index (χ3n) is 1.42. The number of carboxylic acids is 1. The number of nitrogens with zero attached hydrogens (tertiary/aromatic N) is 3. The van der Waals surface area contributed by atoms with Gasteiger partial charge in [0.1, 0.15) is 0 Å². The number of hydrogen-bond donors (Lipinski definition) is 1. The molecule has 1 heterocycles. The van der Waals surface area contributed by atoms with E-state index in [0.717, 1.165) is 0 Å². The maximum Gasteiger partial charge on any atom is 0.337 e. The molecule has 1 aromatic rings. The summed E-state index contributed by atoms with van der Waals surface area (Å²) in [6.07, 6.45) is 2.88. The van der Waals surface area contributed by atoms with Crippen LogP contribution < -0.4 is 0 Å². The molecule has 1 N–H and O–H groups in total. The first-order chi connectivity index (χ1) is 6.59. The molecule has 0 spiro atoms. The van der Waals surface area contributed by atoms with Crippen LogP contribution in [0.5, 0.6) is 0 Å². The zero-order valence-electron chi connectivity index (χ0n) is 8.01. The molecule has 0 bridgehead atoms. The Labute approximate surface area is 81.7 Å². The average Bonchev–Trinajstić information content (AvgIpc) is 2.15. The van der Waals surface area contributed by atoms with Crippen LogP contribution in [0, 0.1) is 0 Å². The molecule has 74 valence electrons. The van der Waals surface area contributed by atoms with Crippen LogP contribution in [0.3, 0.4) is 0 Å². The highest BCUT2D eigenvalue weighted by Gasteiger charge is 2.01. The van der Waals surface area contributed by atoms with Gasteiger partial charge in [0.05, 0.1) is 11.9 Å². The topological polar surface area (TPSA) is 65.8 Å². The Morgan fingerprint density at radius 3 is 2.71 bits per heavy atom. The van der Waals surface area contributed by atoms with Crippen LogP contribution in [0.2, 0.25) is 0 Å². The maximum absolute atomic E-state index is 10.5. The lowest BCUT2D eigenvalue weighted by Crippen LogP contribution is -2.07. The predicted molar refractivity (Wildman–Crippen MR) is 53.0 cm³/mol. The lowest BCUT2D eigenvalue weighted by Gasteiger charge is -2.01. The molecule has 0 aromatic carbocycles. The van der Waals surface area contributed by atoms with Gasteiger partial charge in [0, 0.05) is 20.3 Å². The van der Waals surface area contributed by atoms with Gasteiger partial charge < -0.3 is 10.0 Å². The maximum atomic E-state index is 10.5. The number of aromatic carboxylic acids is 1. The summed E-state index contributed by atoms with van der Waals surface area (Å²) < 4.78 is 0. The summed E-state index contributed by atoms with van der Waals surface area (Å²) in [4.78, 5) is 20.1. The predicted octanol–water partition coefficient (Wildman–Crippen LogP) is 1.00. The molecule has 1 rings (SSSR count). The van der Waals surface area contributed by atoms with Crippen molar-refractivity contribution >= 4 is 18.1 Å². The number of carboxylic acid groups (broad SMARTS) is 1. The number of aliphatic imine (C=N–C) groups is 1. The first-order valence-electron chi connectivity index (χ1n) is 3.99. The van der Waals surface area contributed by atoms with E-state index in [4.69, 9.17) is 5.11 Å². The van der Waals surface area contributed by atoms with E-state index in [9.17, 15) is 4.79 Å². The molecule has 5 nitrogen and oxygen atoms in total. The molecule has 1 aromatic heterocycles. The molecule has 0 amide bonds. The fourth-order valence-electron chi connectivity index (χ4n) is 0.764. The first-order valence-corrected chi connectivity index (χ1v) is 3.99. The molecule has 0 atom stereocenters. The number of hydrogen-bond acceptors (Lipinski definition) is 3. The van der Waals surface area contributed by atoms with E-state index in [1.54, 1.807) is 17.3 Å². The van der Waals surface area contributed by atoms with Crippen molar-refractivity contribution in [1.29, 1.82) is 0 Å². The summed E-state index contributed by atoms with van der Waals surface area (Å²) in [5.41, 5.74) is 0.161. The van der Waals surface area contributed by atoms with Crippen molar-refractivity contribution in [2.75, 3.05) is 14.1 Å². The first kappa shape index (κ1) is 10.2. The van der Waals surface area contributed by atoms with Crippen molar-refractivity contribution in [3.05, 3.63) is 23.9 Å². The lowest BCUT2D eigenvalue weighted by atomic mass is 10.3. The van der Waals surface area contributed by atoms with E-state index in [2.05, 4.69) is 9.98 Å². The van der Waals surface area contributed by atoms with Crippen LogP contribution in [0.15, 0.2) is 23.3 Å². The standard InChI is InChI=1S/C9H11N3O2/c1-12(2)6-11-8-4-3-7(5-10-8)9(13)14/h3-6H,1-2H3,(H,13,14). The Bertz CT molecular complexity index is 344. The largest absolute Gasteiger partial charge is 0.478 e. The SMILES string of the molecule is CN(C)C=Nc1ccc(C(=O)O)cn1. The third-order valence-corrected chi connectivity index (χ3v) is 1.42. The van der Waals surface area contributed by atoms with Crippen molar-refractivity contribution < 1.29 is 9.90 Å². The molecule has 0 aliphatic heterocycles. The molecule has 0 aliphatic rings. The molecular weight excluding hydrogens is 182 g/mol. The van der Waals surface area contributed by atoms with Crippen LogP contribution in [-0.4, -0.2) is 41.4 Å². The van der Waals surface area contributed by atoms with Gasteiger partial charge in [-0.3, -0.25) is 0 Å². The van der Waals surface area contributed by atoms with Crippen LogP contribution in [0.1, 0.15) is 10.4 Å². The Morgan fingerprint density at radius 2 is 2.29 bits per heavy atom. The van der Waals surface area contributed by atoms with Crippen molar-refractivity contribution in [3.63, 3.8) is 0 Å². The minimum Gasteiger partial charge on any atom is -0.478 e. The summed E-state index contributed by atoms with van der Waals surface area (Å²) in [7, 11) is 3.68. The van der Waals surface area contributed by atoms with Crippen molar-refractivity contribution in [1.82, 2.24) is 9.88 Å². The van der Waals surface area contributed by atoms with Crippen LogP contribution in [0.25, 0.3) is 0 Å². The Balaban J connectivity index is 2.78. The second-order valence-corrected chi connectivity index (χ2v) is 2.92. The van der Waals surface area contributed by atoms with E-state index in [1.165, 1.54) is 12.3 Å². The Kier molecular flexibility index (Phi) is 3.17. The van der Waals surface area contributed by atoms with Crippen LogP contribution >= 0.6 is 0 Å². The number of carbonyl (C=O) groups is 1. The molecule has 0 aliphatic carbocycles. The lowest BCUT2D eigenvalue weighted by molar-refractivity contribution is 0.0696. The highest BCUT2D eigenvalue weighted by Crippen LogP contribution is 2.07. The van der Waals surface area contributed by atoms with Gasteiger partial charge in [-0.15, -0.1) is 0 Å². The Hall–Kier alpha value is -1.91. The smallest absolute Gasteiger partial charge is 0.337 e. The molecule has 5 heteroatoms. The monoisotopic (exact) mass is 193 g/mol. The van der Waals surface area contributed by atoms with Gasteiger partial charge in [-0.2, -0.15) is 0 Å². The molecule has 0 unspecified atom stereocenters. The molecule has 14 heavy (non-hydrogen) atoms. The van der Waals surface area contributed by atoms with E-state index in [-0.39, 0.29) is 5.56 Å². The van der Waals surface area contributed by atoms with Crippen LogP contribution in [-0.2, 0) is 0 Å². The zero-order chi connectivity index (χ0) is 10.6. The second kappa shape index (κ2) is 4.36. The van der Waals surface area contributed by atoms with E-state index in [0.29, 0.717) is 5.82 Å². The highest BCUT2D eigenvalue weighted by molar-refractivity contribution is 5.87. The van der Waals surface area contributed by atoms with Gasteiger partial charge in [0.25, 0.3) is 0 Å². The Morgan fingerprint density at radius 1 is 1.57 bits per heavy atom. The number of pyridine rings is 1. The van der Waals surface area contributed by atoms with Gasteiger partial charge in [-0.05, 0) is 12.1 Å². The highest BCUT2D eigenvalue weighted by atomic mass is 16.4. The normalized spacial score (nSPS) is 10.4. The summed E-state index contributed by atoms with van der Waals surface area (Å²) in [5.74, 6) is -0.496. The minimum absolute atomic E-state index is 0.161. The van der Waals surface area contributed by atoms with Gasteiger partial charge in [-0.25, -0.2) is 14.8 Å². The van der Waals surface area contributed by atoms with Gasteiger partial charge in [-0.1, -0.05) is 0 Å².